The lowest BCUT2D eigenvalue weighted by Gasteiger charge is -2.40. The van der Waals surface area contributed by atoms with Crippen molar-refractivity contribution in [2.45, 2.75) is 83.1 Å². The van der Waals surface area contributed by atoms with Crippen molar-refractivity contribution in [2.24, 2.45) is 0 Å². The Morgan fingerprint density at radius 1 is 0.756 bits per heavy atom. The largest absolute Gasteiger partial charge is 0.449 e. The highest BCUT2D eigenvalue weighted by molar-refractivity contribution is 6.09. The number of hydrogen-bond acceptors (Lipinski definition) is 13. The molecule has 3 atom stereocenters. The average molecular weight is 629 g/mol. The van der Waals surface area contributed by atoms with Gasteiger partial charge in [0.2, 0.25) is 23.6 Å². The second-order valence-electron chi connectivity index (χ2n) is 13.3. The summed E-state index contributed by atoms with van der Waals surface area (Å²) in [5, 5.41) is 0. The fourth-order valence-electron chi connectivity index (χ4n) is 6.67. The fourth-order valence-corrected chi connectivity index (χ4v) is 6.67. The topological polar surface area (TPSA) is 151 Å². The van der Waals surface area contributed by atoms with Gasteiger partial charge in [0.1, 0.15) is 0 Å². The second-order valence-corrected chi connectivity index (χ2v) is 13.3. The zero-order valence-corrected chi connectivity index (χ0v) is 26.5. The number of piperidine rings is 1. The van der Waals surface area contributed by atoms with Crippen LogP contribution in [0.1, 0.15) is 59.3 Å². The highest BCUT2D eigenvalue weighted by atomic mass is 16.6. The van der Waals surface area contributed by atoms with Gasteiger partial charge in [0.25, 0.3) is 5.91 Å². The first-order chi connectivity index (χ1) is 21.6. The number of piperazine rings is 1. The van der Waals surface area contributed by atoms with Crippen molar-refractivity contribution in [2.75, 3.05) is 80.2 Å². The molecule has 45 heavy (non-hydrogen) atoms. The summed E-state index contributed by atoms with van der Waals surface area (Å²) in [5.41, 5.74) is -0.744. The Labute approximate surface area is 263 Å². The maximum absolute atomic E-state index is 13.2. The van der Waals surface area contributed by atoms with Crippen molar-refractivity contribution >= 4 is 41.6 Å². The number of aromatic nitrogens is 3. The number of ketones is 1. The van der Waals surface area contributed by atoms with E-state index in [-0.39, 0.29) is 0 Å². The lowest BCUT2D eigenvalue weighted by Crippen LogP contribution is -2.63. The highest BCUT2D eigenvalue weighted by Crippen LogP contribution is 2.31. The van der Waals surface area contributed by atoms with Crippen molar-refractivity contribution in [1.29, 1.82) is 0 Å². The number of anilines is 3. The molecule has 1 aromatic heterocycles. The van der Waals surface area contributed by atoms with E-state index in [1.807, 2.05) is 0 Å². The van der Waals surface area contributed by atoms with Crippen LogP contribution in [0.25, 0.3) is 0 Å². The predicted molar refractivity (Wildman–Crippen MR) is 162 cm³/mol. The van der Waals surface area contributed by atoms with E-state index >= 15 is 0 Å². The van der Waals surface area contributed by atoms with E-state index in [0.717, 1.165) is 51.9 Å². The third-order valence-electron chi connectivity index (χ3n) is 8.94. The Hall–Kier alpha value is -3.75. The first-order valence-corrected chi connectivity index (χ1v) is 16.2. The van der Waals surface area contributed by atoms with Gasteiger partial charge >= 0.3 is 12.1 Å². The number of esters is 1. The van der Waals surface area contributed by atoms with Crippen molar-refractivity contribution < 1.29 is 33.4 Å². The van der Waals surface area contributed by atoms with Crippen LogP contribution >= 0.6 is 0 Å². The average Bonchev–Trinajstić information content (AvgIpc) is 3.83. The summed E-state index contributed by atoms with van der Waals surface area (Å²) in [6.45, 7) is 10.6. The first-order valence-electron chi connectivity index (χ1n) is 16.2. The molecule has 0 aromatic carbocycles. The number of rotatable bonds is 7. The van der Waals surface area contributed by atoms with Gasteiger partial charge in [-0.15, -0.1) is 0 Å². The van der Waals surface area contributed by atoms with E-state index < -0.39 is 54.2 Å². The third kappa shape index (κ3) is 6.92. The van der Waals surface area contributed by atoms with Crippen LogP contribution in [-0.2, 0) is 28.6 Å². The predicted octanol–water partition coefficient (Wildman–Crippen LogP) is 1.000. The van der Waals surface area contributed by atoms with Gasteiger partial charge in [-0.25, -0.2) is 9.59 Å². The zero-order valence-electron chi connectivity index (χ0n) is 26.5. The van der Waals surface area contributed by atoms with E-state index in [2.05, 4.69) is 14.7 Å². The van der Waals surface area contributed by atoms with Crippen LogP contribution in [0.2, 0.25) is 0 Å². The van der Waals surface area contributed by atoms with Gasteiger partial charge in [-0.3, -0.25) is 9.59 Å². The summed E-state index contributed by atoms with van der Waals surface area (Å²) in [6, 6.07) is -0.537. The molecule has 1 aromatic rings. The molecule has 5 saturated heterocycles. The molecule has 0 N–H and O–H groups in total. The standard InChI is InChI=1S/C30H44N8O7/c1-30(2,3)45-24-22(40)23(20-9-8-14-38(20)25(24)41)44-21(39)19-43-29(42)37-17-15-36(16-18-37)28-32-26(34-10-4-5-11-34)31-27(33-28)35-12-6-7-13-35/h20,23-24H,4-19H2,1-3H3. The van der Waals surface area contributed by atoms with Gasteiger partial charge in [-0.2, -0.15) is 15.0 Å². The summed E-state index contributed by atoms with van der Waals surface area (Å²) in [4.78, 5) is 75.8. The quantitative estimate of drug-likeness (QED) is 0.312. The van der Waals surface area contributed by atoms with Crippen LogP contribution in [0, 0.1) is 0 Å². The van der Waals surface area contributed by atoms with E-state index in [9.17, 15) is 19.2 Å². The lowest BCUT2D eigenvalue weighted by atomic mass is 9.94. The molecule has 15 heteroatoms. The summed E-state index contributed by atoms with van der Waals surface area (Å²) in [7, 11) is 0. The smallest absolute Gasteiger partial charge is 0.410 e. The first kappa shape index (κ1) is 31.2. The third-order valence-corrected chi connectivity index (χ3v) is 8.94. The van der Waals surface area contributed by atoms with Crippen LogP contribution in [0.15, 0.2) is 0 Å². The van der Waals surface area contributed by atoms with E-state index in [1.165, 1.54) is 4.90 Å². The number of carbonyl (C=O) groups is 4. The molecule has 15 nitrogen and oxygen atoms in total. The van der Waals surface area contributed by atoms with Crippen molar-refractivity contribution in [1.82, 2.24) is 24.8 Å². The molecule has 5 fully saturated rings. The Kier molecular flexibility index (Phi) is 8.98. The van der Waals surface area contributed by atoms with Crippen LogP contribution in [-0.4, -0.2) is 138 Å². The maximum atomic E-state index is 13.2. The number of amides is 2. The van der Waals surface area contributed by atoms with E-state index in [1.54, 1.807) is 25.7 Å². The molecule has 3 unspecified atom stereocenters. The van der Waals surface area contributed by atoms with Crippen molar-refractivity contribution in [3.8, 4) is 0 Å². The minimum Gasteiger partial charge on any atom is -0.449 e. The van der Waals surface area contributed by atoms with Crippen molar-refractivity contribution in [3.05, 3.63) is 0 Å². The monoisotopic (exact) mass is 628 g/mol. The number of ether oxygens (including phenoxy) is 3. The molecule has 0 saturated carbocycles. The van der Waals surface area contributed by atoms with Gasteiger partial charge in [0.15, 0.2) is 18.8 Å². The molecular weight excluding hydrogens is 584 g/mol. The van der Waals surface area contributed by atoms with Crippen LogP contribution in [0.5, 0.6) is 0 Å². The van der Waals surface area contributed by atoms with E-state index in [4.69, 9.17) is 29.2 Å². The number of fused-ring (bicyclic) bond motifs is 1. The van der Waals surface area contributed by atoms with E-state index in [0.29, 0.717) is 63.4 Å². The van der Waals surface area contributed by atoms with Crippen LogP contribution < -0.4 is 14.7 Å². The van der Waals surface area contributed by atoms with Crippen molar-refractivity contribution in [3.63, 3.8) is 0 Å². The summed E-state index contributed by atoms with van der Waals surface area (Å²) in [6.07, 6.45) is 2.59. The Morgan fingerprint density at radius 3 is 1.82 bits per heavy atom. The number of carbonyl (C=O) groups excluding carboxylic acids is 4. The number of nitrogens with zero attached hydrogens (tertiary/aromatic N) is 8. The summed E-state index contributed by atoms with van der Waals surface area (Å²) in [5.74, 6) is 0.205. The second kappa shape index (κ2) is 12.9. The Bertz CT molecular complexity index is 1250. The minimum absolute atomic E-state index is 0.365. The molecule has 5 aliphatic heterocycles. The highest BCUT2D eigenvalue weighted by Gasteiger charge is 2.53. The molecule has 6 heterocycles. The molecule has 0 radical (unpaired) electrons. The molecular formula is C30H44N8O7. The van der Waals surface area contributed by atoms with Gasteiger partial charge in [0.05, 0.1) is 11.6 Å². The summed E-state index contributed by atoms with van der Waals surface area (Å²) < 4.78 is 16.6. The number of hydrogen-bond donors (Lipinski definition) is 0. The SMILES string of the molecule is CC(C)(C)OC1C(=O)C(OC(=O)COC(=O)N2CCN(c3nc(N4CCCC4)nc(N4CCCC4)n3)CC2)C2CCCN2C1=O. The molecule has 5 aliphatic rings. The van der Waals surface area contributed by atoms with Gasteiger partial charge in [-0.1, -0.05) is 0 Å². The Morgan fingerprint density at radius 2 is 1.29 bits per heavy atom. The van der Waals surface area contributed by atoms with Gasteiger partial charge in [0, 0.05) is 58.9 Å². The minimum atomic E-state index is -1.33. The van der Waals surface area contributed by atoms with Gasteiger partial charge in [-0.05, 0) is 59.3 Å². The molecule has 2 amide bonds. The normalized spacial score (nSPS) is 25.7. The van der Waals surface area contributed by atoms with Crippen LogP contribution in [0.4, 0.5) is 22.6 Å². The van der Waals surface area contributed by atoms with Crippen LogP contribution in [0.3, 0.4) is 0 Å². The molecule has 246 valence electrons. The lowest BCUT2D eigenvalue weighted by molar-refractivity contribution is -0.185. The Balaban J connectivity index is 1.03. The molecule has 6 rings (SSSR count). The molecule has 0 spiro atoms. The maximum Gasteiger partial charge on any atom is 0.410 e. The molecule has 0 bridgehead atoms. The summed E-state index contributed by atoms with van der Waals surface area (Å²) >= 11 is 0. The number of Topliss-reactive ketones (excluding diaryl/α,β-unsaturated/α-hetero) is 1. The zero-order chi connectivity index (χ0) is 31.7. The van der Waals surface area contributed by atoms with Gasteiger partial charge < -0.3 is 38.7 Å². The fraction of sp³-hybridized carbons (Fsp3) is 0.767. The molecule has 0 aliphatic carbocycles.